The number of hydrogen-bond donors (Lipinski definition) is 1. The van der Waals surface area contributed by atoms with Gasteiger partial charge in [0.1, 0.15) is 5.76 Å². The number of carbonyl (C=O) groups is 1. The number of aromatic nitrogens is 4. The van der Waals surface area contributed by atoms with Crippen LogP contribution in [-0.4, -0.2) is 37.3 Å². The van der Waals surface area contributed by atoms with Crippen molar-refractivity contribution < 1.29 is 14.6 Å². The van der Waals surface area contributed by atoms with Crippen LogP contribution < -0.4 is 0 Å². The van der Waals surface area contributed by atoms with Gasteiger partial charge in [0.25, 0.3) is 5.78 Å². The fourth-order valence-electron chi connectivity index (χ4n) is 2.21. The van der Waals surface area contributed by atoms with Crippen molar-refractivity contribution in [2.45, 2.75) is 26.7 Å². The molecule has 0 spiro atoms. The van der Waals surface area contributed by atoms with Crippen LogP contribution in [0.1, 0.15) is 23.6 Å². The van der Waals surface area contributed by atoms with Gasteiger partial charge in [-0.2, -0.15) is 4.98 Å². The molecule has 0 unspecified atom stereocenters. The summed E-state index contributed by atoms with van der Waals surface area (Å²) in [5.74, 6) is 0.475. The van der Waals surface area contributed by atoms with Gasteiger partial charge in [-0.25, -0.2) is 14.3 Å². The number of carbonyl (C=O) groups excluding carboxylic acids is 1. The average Bonchev–Trinajstić information content (AvgIpc) is 2.77. The Hall–Kier alpha value is -2.44. The highest BCUT2D eigenvalue weighted by atomic mass is 16.5. The number of cyclic esters (lactones) is 1. The summed E-state index contributed by atoms with van der Waals surface area (Å²) in [7, 11) is 0. The number of fused-ring (bicyclic) bond motifs is 1. The second-order valence-corrected chi connectivity index (χ2v) is 4.77. The van der Waals surface area contributed by atoms with Gasteiger partial charge in [0.15, 0.2) is 5.82 Å². The van der Waals surface area contributed by atoms with E-state index < -0.39 is 5.97 Å². The van der Waals surface area contributed by atoms with Crippen molar-refractivity contribution in [1.82, 2.24) is 19.6 Å². The van der Waals surface area contributed by atoms with Gasteiger partial charge in [-0.3, -0.25) is 0 Å². The van der Waals surface area contributed by atoms with E-state index in [0.29, 0.717) is 18.0 Å². The van der Waals surface area contributed by atoms with Crippen LogP contribution in [0, 0.1) is 13.8 Å². The van der Waals surface area contributed by atoms with Crippen molar-refractivity contribution in [2.75, 3.05) is 6.61 Å². The van der Waals surface area contributed by atoms with E-state index in [1.165, 1.54) is 0 Å². The molecule has 2 aromatic heterocycles. The van der Waals surface area contributed by atoms with E-state index in [9.17, 15) is 9.90 Å². The van der Waals surface area contributed by atoms with E-state index >= 15 is 0 Å². The van der Waals surface area contributed by atoms with Gasteiger partial charge in [-0.15, -0.1) is 5.10 Å². The maximum atomic E-state index is 11.6. The summed E-state index contributed by atoms with van der Waals surface area (Å²) in [4.78, 5) is 20.2. The Morgan fingerprint density at radius 3 is 2.95 bits per heavy atom. The Morgan fingerprint density at radius 2 is 2.20 bits per heavy atom. The van der Waals surface area contributed by atoms with Gasteiger partial charge in [-0.1, -0.05) is 0 Å². The van der Waals surface area contributed by atoms with Crippen molar-refractivity contribution >= 4 is 11.7 Å². The fourth-order valence-corrected chi connectivity index (χ4v) is 2.21. The molecule has 20 heavy (non-hydrogen) atoms. The zero-order chi connectivity index (χ0) is 14.3. The number of aryl methyl sites for hydroxylation is 2. The van der Waals surface area contributed by atoms with Gasteiger partial charge in [0.2, 0.25) is 0 Å². The molecule has 7 heteroatoms. The Bertz CT molecular complexity index is 733. The molecule has 1 aliphatic heterocycles. The predicted octanol–water partition coefficient (Wildman–Crippen LogP) is 1.04. The summed E-state index contributed by atoms with van der Waals surface area (Å²) in [5.41, 5.74) is 1.99. The van der Waals surface area contributed by atoms with Gasteiger partial charge < -0.3 is 9.84 Å². The van der Waals surface area contributed by atoms with Crippen molar-refractivity contribution in [3.8, 4) is 0 Å². The molecule has 0 saturated carbocycles. The smallest absolute Gasteiger partial charge is 0.337 e. The highest BCUT2D eigenvalue weighted by Crippen LogP contribution is 2.18. The Labute approximate surface area is 114 Å². The lowest BCUT2D eigenvalue weighted by Gasteiger charge is -2.14. The number of ether oxygens (including phenoxy) is 1. The maximum absolute atomic E-state index is 11.6. The molecule has 1 aliphatic rings. The summed E-state index contributed by atoms with van der Waals surface area (Å²) >= 11 is 0. The van der Waals surface area contributed by atoms with E-state index in [-0.39, 0.29) is 24.4 Å². The van der Waals surface area contributed by atoms with Crippen molar-refractivity contribution in [2.24, 2.45) is 0 Å². The van der Waals surface area contributed by atoms with Crippen LogP contribution in [0.15, 0.2) is 17.4 Å². The molecule has 0 atom stereocenters. The lowest BCUT2D eigenvalue weighted by molar-refractivity contribution is -0.140. The summed E-state index contributed by atoms with van der Waals surface area (Å²) < 4.78 is 6.53. The van der Waals surface area contributed by atoms with E-state index in [2.05, 4.69) is 15.1 Å². The molecular weight excluding hydrogens is 260 g/mol. The van der Waals surface area contributed by atoms with Crippen LogP contribution in [-0.2, 0) is 16.0 Å². The zero-order valence-electron chi connectivity index (χ0n) is 11.3. The minimum Gasteiger partial charge on any atom is -0.512 e. The number of nitrogens with zero attached hydrogens (tertiary/aromatic N) is 4. The normalized spacial score (nSPS) is 15.8. The lowest BCUT2D eigenvalue weighted by Crippen LogP contribution is -2.19. The van der Waals surface area contributed by atoms with E-state index in [1.807, 2.05) is 19.9 Å². The molecule has 104 valence electrons. The Kier molecular flexibility index (Phi) is 2.89. The van der Waals surface area contributed by atoms with Crippen LogP contribution in [0.3, 0.4) is 0 Å². The minimum absolute atomic E-state index is 0.0565. The third-order valence-electron chi connectivity index (χ3n) is 3.16. The van der Waals surface area contributed by atoms with Gasteiger partial charge in [0, 0.05) is 24.2 Å². The maximum Gasteiger partial charge on any atom is 0.337 e. The SMILES string of the molecule is Cc1cc(C)n2nc(CC3=C(O)CCOC3=O)nc2n1. The van der Waals surface area contributed by atoms with Crippen LogP contribution in [0.5, 0.6) is 0 Å². The van der Waals surface area contributed by atoms with Crippen molar-refractivity contribution in [3.63, 3.8) is 0 Å². The van der Waals surface area contributed by atoms with Gasteiger partial charge >= 0.3 is 5.97 Å². The van der Waals surface area contributed by atoms with Crippen molar-refractivity contribution in [3.05, 3.63) is 34.6 Å². The molecule has 0 aliphatic carbocycles. The molecule has 0 amide bonds. The lowest BCUT2D eigenvalue weighted by atomic mass is 10.1. The van der Waals surface area contributed by atoms with Crippen molar-refractivity contribution in [1.29, 1.82) is 0 Å². The highest BCUT2D eigenvalue weighted by Gasteiger charge is 2.23. The monoisotopic (exact) mass is 274 g/mol. The molecule has 0 aromatic carbocycles. The van der Waals surface area contributed by atoms with Gasteiger partial charge in [0.05, 0.1) is 12.2 Å². The summed E-state index contributed by atoms with van der Waals surface area (Å²) in [6.07, 6.45) is 0.483. The zero-order valence-corrected chi connectivity index (χ0v) is 11.3. The molecule has 3 heterocycles. The molecule has 1 N–H and O–H groups in total. The quantitative estimate of drug-likeness (QED) is 0.823. The number of hydrogen-bond acceptors (Lipinski definition) is 6. The van der Waals surface area contributed by atoms with Gasteiger partial charge in [-0.05, 0) is 19.9 Å². The van der Waals surface area contributed by atoms with Crippen LogP contribution in [0.2, 0.25) is 0 Å². The Morgan fingerprint density at radius 1 is 1.40 bits per heavy atom. The molecule has 0 fully saturated rings. The molecule has 0 saturated heterocycles. The fraction of sp³-hybridized carbons (Fsp3) is 0.385. The first kappa shape index (κ1) is 12.6. The first-order chi connectivity index (χ1) is 9.54. The Balaban J connectivity index is 1.99. The molecule has 0 radical (unpaired) electrons. The second-order valence-electron chi connectivity index (χ2n) is 4.77. The molecule has 0 bridgehead atoms. The number of aliphatic hydroxyl groups is 1. The first-order valence-electron chi connectivity index (χ1n) is 6.32. The number of aliphatic hydroxyl groups excluding tert-OH is 1. The largest absolute Gasteiger partial charge is 0.512 e. The first-order valence-corrected chi connectivity index (χ1v) is 6.32. The van der Waals surface area contributed by atoms with Crippen LogP contribution >= 0.6 is 0 Å². The molecular formula is C13H14N4O3. The topological polar surface area (TPSA) is 89.6 Å². The number of rotatable bonds is 2. The number of esters is 1. The standard InChI is InChI=1S/C13H14N4O3/c1-7-5-8(2)17-13(14-7)15-11(16-17)6-9-10(18)3-4-20-12(9)19/h5,18H,3-4,6H2,1-2H3. The van der Waals surface area contributed by atoms with Crippen LogP contribution in [0.4, 0.5) is 0 Å². The van der Waals surface area contributed by atoms with E-state index in [1.54, 1.807) is 4.52 Å². The molecule has 2 aromatic rings. The molecule has 7 nitrogen and oxygen atoms in total. The van der Waals surface area contributed by atoms with Crippen LogP contribution in [0.25, 0.3) is 5.78 Å². The average molecular weight is 274 g/mol. The summed E-state index contributed by atoms with van der Waals surface area (Å²) in [6, 6.07) is 1.90. The third kappa shape index (κ3) is 2.11. The summed E-state index contributed by atoms with van der Waals surface area (Å²) in [6.45, 7) is 4.01. The third-order valence-corrected chi connectivity index (χ3v) is 3.16. The predicted molar refractivity (Wildman–Crippen MR) is 69.2 cm³/mol. The molecule has 3 rings (SSSR count). The second kappa shape index (κ2) is 4.59. The summed E-state index contributed by atoms with van der Waals surface area (Å²) in [5, 5.41) is 14.1. The minimum atomic E-state index is -0.506. The van der Waals surface area contributed by atoms with E-state index in [4.69, 9.17) is 4.74 Å². The highest BCUT2D eigenvalue weighted by molar-refractivity contribution is 5.90. The van der Waals surface area contributed by atoms with E-state index in [0.717, 1.165) is 11.4 Å².